The lowest BCUT2D eigenvalue weighted by atomic mass is 9.95. The highest BCUT2D eigenvalue weighted by atomic mass is 32.1. The maximum atomic E-state index is 5.41. The molecular formula is C15H22N4OS. The van der Waals surface area contributed by atoms with Crippen LogP contribution in [0.25, 0.3) is 0 Å². The summed E-state index contributed by atoms with van der Waals surface area (Å²) < 4.78 is 7.51. The molecule has 2 aromatic rings. The third-order valence-corrected chi connectivity index (χ3v) is 4.81. The number of hydrogen-bond donors (Lipinski definition) is 0. The largest absolute Gasteiger partial charge is 0.384 e. The van der Waals surface area contributed by atoms with E-state index in [2.05, 4.69) is 38.9 Å². The molecule has 5 nitrogen and oxygen atoms in total. The second-order valence-corrected chi connectivity index (χ2v) is 6.60. The molecule has 114 valence electrons. The van der Waals surface area contributed by atoms with Gasteiger partial charge in [-0.2, -0.15) is 5.10 Å². The zero-order valence-electron chi connectivity index (χ0n) is 12.9. The van der Waals surface area contributed by atoms with E-state index in [9.17, 15) is 0 Å². The molecule has 0 spiro atoms. The van der Waals surface area contributed by atoms with Gasteiger partial charge in [-0.15, -0.1) is 11.3 Å². The quantitative estimate of drug-likeness (QED) is 0.851. The SMILES string of the molecule is CCn1ncc2c1CN(Cc1csc(C)n1)CC2COC. The standard InChI is InChI=1S/C15H22N4OS/c1-4-19-15-8-18(7-13-10-21-11(2)17-13)6-12(9-20-3)14(15)5-16-19/h5,10,12H,4,6-9H2,1-3H3. The van der Waals surface area contributed by atoms with Gasteiger partial charge >= 0.3 is 0 Å². The van der Waals surface area contributed by atoms with Crippen molar-refractivity contribution in [2.24, 2.45) is 0 Å². The van der Waals surface area contributed by atoms with E-state index in [0.717, 1.165) is 37.8 Å². The molecule has 0 fully saturated rings. The predicted molar refractivity (Wildman–Crippen MR) is 83.5 cm³/mol. The second-order valence-electron chi connectivity index (χ2n) is 5.54. The Labute approximate surface area is 129 Å². The summed E-state index contributed by atoms with van der Waals surface area (Å²) in [6, 6.07) is 0. The van der Waals surface area contributed by atoms with E-state index in [1.54, 1.807) is 18.4 Å². The van der Waals surface area contributed by atoms with E-state index in [0.29, 0.717) is 5.92 Å². The third kappa shape index (κ3) is 3.02. The first-order valence-corrected chi connectivity index (χ1v) is 8.26. The molecule has 0 radical (unpaired) electrons. The molecule has 0 N–H and O–H groups in total. The van der Waals surface area contributed by atoms with Crippen LogP contribution in [0, 0.1) is 6.92 Å². The minimum atomic E-state index is 0.402. The third-order valence-electron chi connectivity index (χ3n) is 3.99. The van der Waals surface area contributed by atoms with Crippen LogP contribution in [0.4, 0.5) is 0 Å². The lowest BCUT2D eigenvalue weighted by Gasteiger charge is -2.32. The summed E-state index contributed by atoms with van der Waals surface area (Å²) in [5, 5.41) is 7.81. The molecule has 6 heteroatoms. The number of aryl methyl sites for hydroxylation is 2. The summed E-state index contributed by atoms with van der Waals surface area (Å²) in [6.07, 6.45) is 2.02. The summed E-state index contributed by atoms with van der Waals surface area (Å²) in [4.78, 5) is 7.04. The molecule has 1 atom stereocenters. The lowest BCUT2D eigenvalue weighted by Crippen LogP contribution is -2.35. The summed E-state index contributed by atoms with van der Waals surface area (Å²) in [5.74, 6) is 0.402. The van der Waals surface area contributed by atoms with Crippen LogP contribution in [0.15, 0.2) is 11.6 Å². The zero-order valence-corrected chi connectivity index (χ0v) is 13.7. The Morgan fingerprint density at radius 3 is 3.00 bits per heavy atom. The molecule has 1 unspecified atom stereocenters. The monoisotopic (exact) mass is 306 g/mol. The number of hydrogen-bond acceptors (Lipinski definition) is 5. The van der Waals surface area contributed by atoms with E-state index in [1.807, 2.05) is 6.20 Å². The zero-order chi connectivity index (χ0) is 14.8. The predicted octanol–water partition coefficient (Wildman–Crippen LogP) is 2.41. The summed E-state index contributed by atoms with van der Waals surface area (Å²) >= 11 is 1.72. The van der Waals surface area contributed by atoms with Crippen molar-refractivity contribution in [3.63, 3.8) is 0 Å². The molecule has 1 aliphatic rings. The number of fused-ring (bicyclic) bond motifs is 1. The smallest absolute Gasteiger partial charge is 0.0897 e. The van der Waals surface area contributed by atoms with Gasteiger partial charge in [0.15, 0.2) is 0 Å². The van der Waals surface area contributed by atoms with Gasteiger partial charge in [0.25, 0.3) is 0 Å². The highest BCUT2D eigenvalue weighted by molar-refractivity contribution is 7.09. The van der Waals surface area contributed by atoms with Crippen LogP contribution in [0.5, 0.6) is 0 Å². The minimum absolute atomic E-state index is 0.402. The van der Waals surface area contributed by atoms with E-state index in [1.165, 1.54) is 17.0 Å². The fraction of sp³-hybridized carbons (Fsp3) is 0.600. The average molecular weight is 306 g/mol. The molecule has 21 heavy (non-hydrogen) atoms. The molecule has 3 rings (SSSR count). The van der Waals surface area contributed by atoms with Crippen LogP contribution in [-0.2, 0) is 24.4 Å². The van der Waals surface area contributed by atoms with Crippen molar-refractivity contribution in [2.45, 2.75) is 39.4 Å². The molecule has 1 aliphatic heterocycles. The van der Waals surface area contributed by atoms with Crippen LogP contribution in [-0.4, -0.2) is 39.9 Å². The summed E-state index contributed by atoms with van der Waals surface area (Å²) in [5.41, 5.74) is 3.85. The molecular weight excluding hydrogens is 284 g/mol. The molecule has 2 aromatic heterocycles. The van der Waals surface area contributed by atoms with Crippen molar-refractivity contribution in [3.05, 3.63) is 33.5 Å². The van der Waals surface area contributed by atoms with Gasteiger partial charge in [-0.1, -0.05) is 0 Å². The highest BCUT2D eigenvalue weighted by Gasteiger charge is 2.28. The van der Waals surface area contributed by atoms with E-state index < -0.39 is 0 Å². The topological polar surface area (TPSA) is 43.2 Å². The molecule has 0 amide bonds. The fourth-order valence-electron chi connectivity index (χ4n) is 3.07. The van der Waals surface area contributed by atoms with Gasteiger partial charge in [0, 0.05) is 50.2 Å². The molecule has 0 saturated heterocycles. The Hall–Kier alpha value is -1.24. The van der Waals surface area contributed by atoms with E-state index in [4.69, 9.17) is 4.74 Å². The first-order valence-electron chi connectivity index (χ1n) is 7.38. The van der Waals surface area contributed by atoms with Crippen LogP contribution in [0.3, 0.4) is 0 Å². The molecule has 0 bridgehead atoms. The number of methoxy groups -OCH3 is 1. The summed E-state index contributed by atoms with van der Waals surface area (Å²) in [7, 11) is 1.77. The lowest BCUT2D eigenvalue weighted by molar-refractivity contribution is 0.133. The average Bonchev–Trinajstić information content (AvgIpc) is 3.05. The Kier molecular flexibility index (Phi) is 4.37. The molecule has 0 aliphatic carbocycles. The second kappa shape index (κ2) is 6.25. The van der Waals surface area contributed by atoms with Gasteiger partial charge in [0.1, 0.15) is 0 Å². The summed E-state index contributed by atoms with van der Waals surface area (Å²) in [6.45, 7) is 8.71. The van der Waals surface area contributed by atoms with Gasteiger partial charge in [-0.25, -0.2) is 4.98 Å². The Morgan fingerprint density at radius 2 is 2.33 bits per heavy atom. The van der Waals surface area contributed by atoms with Crippen molar-refractivity contribution in [2.75, 3.05) is 20.3 Å². The van der Waals surface area contributed by atoms with Crippen molar-refractivity contribution in [1.29, 1.82) is 0 Å². The number of ether oxygens (including phenoxy) is 1. The number of rotatable bonds is 5. The van der Waals surface area contributed by atoms with E-state index in [-0.39, 0.29) is 0 Å². The van der Waals surface area contributed by atoms with Gasteiger partial charge in [0.2, 0.25) is 0 Å². The van der Waals surface area contributed by atoms with Crippen molar-refractivity contribution < 1.29 is 4.74 Å². The maximum absolute atomic E-state index is 5.41. The number of thiazole rings is 1. The molecule has 0 aromatic carbocycles. The van der Waals surface area contributed by atoms with Gasteiger partial charge in [-0.3, -0.25) is 9.58 Å². The Balaban J connectivity index is 1.81. The van der Waals surface area contributed by atoms with E-state index >= 15 is 0 Å². The van der Waals surface area contributed by atoms with Gasteiger partial charge in [-0.05, 0) is 13.8 Å². The van der Waals surface area contributed by atoms with Crippen molar-refractivity contribution in [3.8, 4) is 0 Å². The highest BCUT2D eigenvalue weighted by Crippen LogP contribution is 2.29. The van der Waals surface area contributed by atoms with Crippen LogP contribution in [0.2, 0.25) is 0 Å². The van der Waals surface area contributed by atoms with Crippen LogP contribution >= 0.6 is 11.3 Å². The Bertz CT molecular complexity index is 607. The number of aromatic nitrogens is 3. The molecule has 3 heterocycles. The normalized spacial score (nSPS) is 18.9. The minimum Gasteiger partial charge on any atom is -0.384 e. The van der Waals surface area contributed by atoms with Crippen molar-refractivity contribution in [1.82, 2.24) is 19.7 Å². The van der Waals surface area contributed by atoms with Crippen LogP contribution in [0.1, 0.15) is 34.8 Å². The van der Waals surface area contributed by atoms with Crippen molar-refractivity contribution >= 4 is 11.3 Å². The fourth-order valence-corrected chi connectivity index (χ4v) is 3.68. The van der Waals surface area contributed by atoms with Crippen LogP contribution < -0.4 is 0 Å². The first kappa shape index (κ1) is 14.7. The number of nitrogens with zero attached hydrogens (tertiary/aromatic N) is 4. The van der Waals surface area contributed by atoms with Gasteiger partial charge in [0.05, 0.1) is 29.2 Å². The Morgan fingerprint density at radius 1 is 1.48 bits per heavy atom. The molecule has 0 saturated carbocycles. The first-order chi connectivity index (χ1) is 10.2. The maximum Gasteiger partial charge on any atom is 0.0897 e. The van der Waals surface area contributed by atoms with Gasteiger partial charge < -0.3 is 4.74 Å².